The van der Waals surface area contributed by atoms with E-state index in [1.165, 1.54) is 81.6 Å². The van der Waals surface area contributed by atoms with Gasteiger partial charge in [0.05, 0.1) is 31.8 Å². The highest BCUT2D eigenvalue weighted by molar-refractivity contribution is 7.35. The lowest BCUT2D eigenvalue weighted by atomic mass is 9.68. The Morgan fingerprint density at radius 2 is 1.23 bits per heavy atom. The summed E-state index contributed by atoms with van der Waals surface area (Å²) < 4.78 is 5.65. The predicted octanol–water partition coefficient (Wildman–Crippen LogP) is 11.6. The number of nitrogens with zero attached hydrogens (tertiary/aromatic N) is 4. The van der Waals surface area contributed by atoms with Gasteiger partial charge in [-0.05, 0) is 85.8 Å². The lowest BCUT2D eigenvalue weighted by Crippen LogP contribution is -2.27. The fourth-order valence-corrected chi connectivity index (χ4v) is 13.7. The van der Waals surface area contributed by atoms with Gasteiger partial charge in [-0.1, -0.05) is 31.4 Å². The third-order valence-electron chi connectivity index (χ3n) is 9.78. The number of allylic oxidation sites excluding steroid dienone is 8. The Hall–Kier alpha value is -3.76. The quantitative estimate of drug-likeness (QED) is 0.161. The van der Waals surface area contributed by atoms with E-state index >= 15 is 0 Å². The molecule has 4 aliphatic rings. The third-order valence-corrected chi connectivity index (χ3v) is 14.9. The molecule has 4 aromatic rings. The molecule has 0 aliphatic heterocycles. The first kappa shape index (κ1) is 27.8. The summed E-state index contributed by atoms with van der Waals surface area (Å²) in [4.78, 5) is 9.03. The number of hydrogen-bond acceptors (Lipinski definition) is 7. The molecule has 0 atom stereocenters. The Labute approximate surface area is 272 Å². The van der Waals surface area contributed by atoms with Gasteiger partial charge in [0.2, 0.25) is 0 Å². The fraction of sp³-hybridized carbons (Fsp3) is 0.333. The van der Waals surface area contributed by atoms with E-state index in [0.717, 1.165) is 49.7 Å². The number of nitriles is 3. The number of fused-ring (bicyclic) bond motifs is 9. The first-order chi connectivity index (χ1) is 21.6. The Morgan fingerprint density at radius 1 is 0.682 bits per heavy atom. The van der Waals surface area contributed by atoms with Gasteiger partial charge in [0, 0.05) is 35.7 Å². The summed E-state index contributed by atoms with van der Waals surface area (Å²) in [6.45, 7) is 7.42. The molecule has 214 valence electrons. The Balaban J connectivity index is 1.26. The van der Waals surface area contributed by atoms with Crippen LogP contribution in [0.5, 0.6) is 0 Å². The summed E-state index contributed by atoms with van der Waals surface area (Å²) in [5.41, 5.74) is 8.00. The molecular formula is C36H26N4S4. The molecule has 0 radical (unpaired) electrons. The van der Waals surface area contributed by atoms with Crippen molar-refractivity contribution in [3.8, 4) is 28.0 Å². The van der Waals surface area contributed by atoms with Crippen LogP contribution < -0.4 is 0 Å². The van der Waals surface area contributed by atoms with Gasteiger partial charge in [-0.15, -0.1) is 45.3 Å². The van der Waals surface area contributed by atoms with E-state index in [-0.39, 0.29) is 16.7 Å². The maximum Gasteiger partial charge on any atom is 0.265 e. The first-order valence-electron chi connectivity index (χ1n) is 15.2. The van der Waals surface area contributed by atoms with E-state index in [0.29, 0.717) is 0 Å². The molecule has 0 N–H and O–H groups in total. The van der Waals surface area contributed by atoms with Crippen LogP contribution in [-0.2, 0) is 5.41 Å². The average Bonchev–Trinajstić information content (AvgIpc) is 3.84. The van der Waals surface area contributed by atoms with Gasteiger partial charge in [0.15, 0.2) is 0 Å². The second kappa shape index (κ2) is 10.7. The highest BCUT2D eigenvalue weighted by atomic mass is 32.1. The van der Waals surface area contributed by atoms with Crippen LogP contribution in [0.15, 0.2) is 46.7 Å². The van der Waals surface area contributed by atoms with Crippen LogP contribution in [0, 0.1) is 40.6 Å². The standard InChI is InChI=1S/C36H26N4S4/c1-40-25(19-39)21-8-6-10-23(14-21)27-16-29-33(42-27)31-35(44-29)34-30(36(31)11-3-2-4-12-36)32-28(43-34)15-26(41-32)22-9-5-7-20(13-22)24(17-37)18-38/h13-16H,2-12H2/b25-21+. The highest BCUT2D eigenvalue weighted by Gasteiger charge is 2.49. The van der Waals surface area contributed by atoms with Crippen molar-refractivity contribution in [3.05, 3.63) is 79.0 Å². The topological polar surface area (TPSA) is 75.7 Å². The molecule has 0 unspecified atom stereocenters. The minimum atomic E-state index is 0.0640. The van der Waals surface area contributed by atoms with Gasteiger partial charge in [-0.2, -0.15) is 10.5 Å². The number of hydrogen-bond donors (Lipinski definition) is 0. The Kier molecular flexibility index (Phi) is 6.75. The molecule has 4 nitrogen and oxygen atoms in total. The van der Waals surface area contributed by atoms with Crippen molar-refractivity contribution in [3.63, 3.8) is 0 Å². The molecule has 4 aromatic heterocycles. The van der Waals surface area contributed by atoms with Gasteiger partial charge in [0.1, 0.15) is 17.7 Å². The summed E-state index contributed by atoms with van der Waals surface area (Å²) >= 11 is 7.78. The second-order valence-electron chi connectivity index (χ2n) is 12.1. The van der Waals surface area contributed by atoms with Gasteiger partial charge in [-0.3, -0.25) is 0 Å². The van der Waals surface area contributed by atoms with E-state index in [1.54, 1.807) is 11.1 Å². The van der Waals surface area contributed by atoms with Gasteiger partial charge < -0.3 is 0 Å². The Morgan fingerprint density at radius 3 is 1.75 bits per heavy atom. The van der Waals surface area contributed by atoms with Crippen molar-refractivity contribution in [2.24, 2.45) is 0 Å². The van der Waals surface area contributed by atoms with Crippen LogP contribution in [0.25, 0.3) is 44.5 Å². The molecule has 1 fully saturated rings. The van der Waals surface area contributed by atoms with Crippen LogP contribution in [0.1, 0.15) is 91.5 Å². The highest BCUT2D eigenvalue weighted by Crippen LogP contribution is 2.66. The van der Waals surface area contributed by atoms with Crippen LogP contribution in [0.3, 0.4) is 0 Å². The molecule has 1 spiro atoms. The molecule has 0 aromatic carbocycles. The normalized spacial score (nSPS) is 19.9. The summed E-state index contributed by atoms with van der Waals surface area (Å²) in [5.74, 6) is 0. The molecule has 0 amide bonds. The van der Waals surface area contributed by atoms with Crippen LogP contribution in [0.2, 0.25) is 0 Å². The van der Waals surface area contributed by atoms with Crippen molar-refractivity contribution < 1.29 is 0 Å². The minimum Gasteiger partial charge on any atom is -0.226 e. The average molecular weight is 643 g/mol. The van der Waals surface area contributed by atoms with E-state index in [1.807, 2.05) is 45.3 Å². The van der Waals surface area contributed by atoms with Crippen molar-refractivity contribution in [1.29, 1.82) is 15.8 Å². The zero-order valence-corrected chi connectivity index (χ0v) is 27.3. The molecule has 4 heterocycles. The predicted molar refractivity (Wildman–Crippen MR) is 183 cm³/mol. The lowest BCUT2D eigenvalue weighted by molar-refractivity contribution is 0.358. The SMILES string of the molecule is [C-]#[N+]/C(C#N)=C1/C=C(c2cc3sc4c(c3s2)C2(CCCCC2)c2c-4sc3cc(C4=CC(=C(C#N)C#N)CCC4)sc23)CCC1. The summed E-state index contributed by atoms with van der Waals surface area (Å²) in [6.07, 6.45) is 16.0. The maximum absolute atomic E-state index is 9.46. The molecule has 8 rings (SSSR count). The van der Waals surface area contributed by atoms with Crippen molar-refractivity contribution in [2.75, 3.05) is 0 Å². The zero-order chi connectivity index (χ0) is 30.0. The van der Waals surface area contributed by atoms with Gasteiger partial charge >= 0.3 is 0 Å². The molecule has 4 aliphatic carbocycles. The first-order valence-corrected chi connectivity index (χ1v) is 18.4. The largest absolute Gasteiger partial charge is 0.265 e. The maximum atomic E-state index is 9.46. The molecule has 8 heteroatoms. The van der Waals surface area contributed by atoms with Gasteiger partial charge in [0.25, 0.3) is 5.70 Å². The van der Waals surface area contributed by atoms with E-state index in [4.69, 9.17) is 6.57 Å². The Bertz CT molecular complexity index is 2020. The fourth-order valence-electron chi connectivity index (χ4n) is 7.82. The summed E-state index contributed by atoms with van der Waals surface area (Å²) in [7, 11) is 0. The monoisotopic (exact) mass is 642 g/mol. The lowest BCUT2D eigenvalue weighted by Gasteiger charge is -2.35. The smallest absolute Gasteiger partial charge is 0.226 e. The molecular weight excluding hydrogens is 617 g/mol. The van der Waals surface area contributed by atoms with Crippen LogP contribution >= 0.6 is 45.3 Å². The second-order valence-corrected chi connectivity index (χ2v) is 16.3. The molecule has 44 heavy (non-hydrogen) atoms. The number of rotatable bonds is 2. The third kappa shape index (κ3) is 4.06. The molecule has 0 saturated heterocycles. The van der Waals surface area contributed by atoms with Crippen LogP contribution in [0.4, 0.5) is 0 Å². The van der Waals surface area contributed by atoms with E-state index < -0.39 is 0 Å². The minimum absolute atomic E-state index is 0.0640. The van der Waals surface area contributed by atoms with Gasteiger partial charge in [-0.25, -0.2) is 10.1 Å². The molecule has 0 bridgehead atoms. The summed E-state index contributed by atoms with van der Waals surface area (Å²) in [6, 6.07) is 11.0. The van der Waals surface area contributed by atoms with E-state index in [2.05, 4.69) is 47.3 Å². The van der Waals surface area contributed by atoms with Crippen LogP contribution in [-0.4, -0.2) is 0 Å². The van der Waals surface area contributed by atoms with Crippen molar-refractivity contribution in [1.82, 2.24) is 0 Å². The van der Waals surface area contributed by atoms with Crippen molar-refractivity contribution >= 4 is 75.3 Å². The summed E-state index contributed by atoms with van der Waals surface area (Å²) in [5, 5.41) is 28.4. The zero-order valence-electron chi connectivity index (χ0n) is 24.0. The molecule has 1 saturated carbocycles. The van der Waals surface area contributed by atoms with E-state index in [9.17, 15) is 15.8 Å². The van der Waals surface area contributed by atoms with Crippen molar-refractivity contribution in [2.45, 2.75) is 76.0 Å². The number of thiophene rings is 4.